The van der Waals surface area contributed by atoms with Gasteiger partial charge in [0.15, 0.2) is 0 Å². The fraction of sp³-hybridized carbons (Fsp3) is 0.714. The largest absolute Gasteiger partial charge is 0.330 e. The molecule has 1 aromatic rings. The second-order valence-corrected chi connectivity index (χ2v) is 10.8. The van der Waals surface area contributed by atoms with Crippen molar-refractivity contribution in [3.05, 3.63) is 28.8 Å². The van der Waals surface area contributed by atoms with Crippen LogP contribution in [0.5, 0.6) is 0 Å². The number of hydrogen-bond donors (Lipinski definition) is 7. The molecule has 0 radical (unpaired) electrons. The Labute approximate surface area is 185 Å². The molecule has 0 bridgehead atoms. The summed E-state index contributed by atoms with van der Waals surface area (Å²) in [6, 6.07) is 4.14. The fourth-order valence-corrected chi connectivity index (χ4v) is 6.56. The number of benzene rings is 1. The second kappa shape index (κ2) is 10.2. The molecule has 0 atom stereocenters. The van der Waals surface area contributed by atoms with Crippen molar-refractivity contribution in [2.75, 3.05) is 19.6 Å². The van der Waals surface area contributed by atoms with Crippen LogP contribution in [-0.4, -0.2) is 28.1 Å². The normalized spacial score (nSPS) is 26.4. The summed E-state index contributed by atoms with van der Waals surface area (Å²) in [5, 5.41) is 9.22. The van der Waals surface area contributed by atoms with Gasteiger partial charge < -0.3 is 11.1 Å². The van der Waals surface area contributed by atoms with Gasteiger partial charge in [0.2, 0.25) is 10.0 Å². The van der Waals surface area contributed by atoms with Crippen molar-refractivity contribution < 1.29 is 8.42 Å². The van der Waals surface area contributed by atoms with Crippen LogP contribution in [0, 0.1) is 11.8 Å². The van der Waals surface area contributed by atoms with Crippen LogP contribution in [0.4, 0.5) is 0 Å². The molecule has 3 aliphatic rings. The molecule has 2 saturated heterocycles. The van der Waals surface area contributed by atoms with Gasteiger partial charge in [0, 0.05) is 5.56 Å². The lowest BCUT2D eigenvalue weighted by molar-refractivity contribution is 0.329. The third-order valence-corrected chi connectivity index (χ3v) is 8.33. The Hall–Kier alpha value is -1.11. The number of piperidine rings is 1. The molecule has 1 saturated carbocycles. The Bertz CT molecular complexity index is 844. The number of hydrogen-bond acceptors (Lipinski definition) is 8. The van der Waals surface area contributed by atoms with Gasteiger partial charge in [-0.1, -0.05) is 12.1 Å². The first-order valence-corrected chi connectivity index (χ1v) is 13.1. The predicted octanol–water partition coefficient (Wildman–Crippen LogP) is 0.614. The maximum atomic E-state index is 12.9. The standard InChI is InChI=1S/C21H37N7O2S/c22-13-15-2-4-16(5-3-15)18-8-7-17(6-1-14-9-11-24-12-10-14)20(31(23,29)30)19(18)21-25-27-28-26-21/h7-8,14-16,21,24-28H,1-6,9-13,22H2,(H2,23,29,30). The molecule has 0 spiro atoms. The van der Waals surface area contributed by atoms with Gasteiger partial charge in [-0.2, -0.15) is 11.1 Å². The number of nitrogens with one attached hydrogen (secondary N) is 5. The SMILES string of the molecule is NCC1CCC(c2ccc(CCC3CCNCC3)c(S(N)(=O)=O)c2C2NNNN2)CC1. The van der Waals surface area contributed by atoms with Gasteiger partial charge in [-0.05, 0) is 99.9 Å². The summed E-state index contributed by atoms with van der Waals surface area (Å²) >= 11 is 0. The van der Waals surface area contributed by atoms with E-state index in [0.29, 0.717) is 17.8 Å². The summed E-state index contributed by atoms with van der Waals surface area (Å²) < 4.78 is 25.7. The minimum atomic E-state index is -3.90. The monoisotopic (exact) mass is 451 g/mol. The predicted molar refractivity (Wildman–Crippen MR) is 121 cm³/mol. The zero-order valence-electron chi connectivity index (χ0n) is 18.1. The van der Waals surface area contributed by atoms with E-state index in [9.17, 15) is 8.42 Å². The number of rotatable bonds is 7. The van der Waals surface area contributed by atoms with Gasteiger partial charge in [-0.3, -0.25) is 0 Å². The second-order valence-electron chi connectivity index (χ2n) is 9.26. The summed E-state index contributed by atoms with van der Waals surface area (Å²) in [5.41, 5.74) is 20.4. The summed E-state index contributed by atoms with van der Waals surface area (Å²) in [7, 11) is -3.90. The number of primary sulfonamides is 1. The van der Waals surface area contributed by atoms with E-state index in [1.54, 1.807) is 0 Å². The van der Waals surface area contributed by atoms with Gasteiger partial charge in [-0.25, -0.2) is 24.4 Å². The highest BCUT2D eigenvalue weighted by Gasteiger charge is 2.33. The molecule has 1 aromatic carbocycles. The topological polar surface area (TPSA) is 146 Å². The maximum absolute atomic E-state index is 12.9. The molecule has 0 aromatic heterocycles. The Balaban J connectivity index is 1.68. The quantitative estimate of drug-likeness (QED) is 0.319. The minimum absolute atomic E-state index is 0.287. The molecule has 174 valence electrons. The lowest BCUT2D eigenvalue weighted by Gasteiger charge is -2.31. The molecule has 4 rings (SSSR count). The van der Waals surface area contributed by atoms with Gasteiger partial charge in [0.25, 0.3) is 0 Å². The number of nitrogens with two attached hydrogens (primary N) is 2. The van der Waals surface area contributed by atoms with Crippen LogP contribution in [-0.2, 0) is 16.4 Å². The van der Waals surface area contributed by atoms with Crippen LogP contribution in [0.3, 0.4) is 0 Å². The molecule has 9 N–H and O–H groups in total. The molecule has 2 heterocycles. The Morgan fingerprint density at radius 2 is 1.61 bits per heavy atom. The number of aryl methyl sites for hydroxylation is 1. The first kappa shape index (κ1) is 23.1. The Morgan fingerprint density at radius 1 is 0.935 bits per heavy atom. The van der Waals surface area contributed by atoms with Crippen molar-refractivity contribution in [2.45, 2.75) is 68.3 Å². The summed E-state index contributed by atoms with van der Waals surface area (Å²) in [6.45, 7) is 2.79. The zero-order chi connectivity index (χ0) is 21.8. The van der Waals surface area contributed by atoms with Crippen LogP contribution < -0.4 is 38.1 Å². The van der Waals surface area contributed by atoms with E-state index in [2.05, 4.69) is 33.3 Å². The van der Waals surface area contributed by atoms with Crippen molar-refractivity contribution in [2.24, 2.45) is 22.7 Å². The van der Waals surface area contributed by atoms with Gasteiger partial charge >= 0.3 is 0 Å². The van der Waals surface area contributed by atoms with Crippen LogP contribution in [0.2, 0.25) is 0 Å². The first-order valence-electron chi connectivity index (χ1n) is 11.6. The molecular weight excluding hydrogens is 414 g/mol. The Kier molecular flexibility index (Phi) is 7.60. The van der Waals surface area contributed by atoms with Crippen molar-refractivity contribution in [3.63, 3.8) is 0 Å². The molecule has 1 aliphatic carbocycles. The highest BCUT2D eigenvalue weighted by molar-refractivity contribution is 7.89. The van der Waals surface area contributed by atoms with Crippen LogP contribution in [0.15, 0.2) is 17.0 Å². The van der Waals surface area contributed by atoms with Crippen LogP contribution in [0.1, 0.15) is 73.7 Å². The maximum Gasteiger partial charge on any atom is 0.238 e. The number of hydrazine groups is 3. The van der Waals surface area contributed by atoms with Crippen molar-refractivity contribution >= 4 is 10.0 Å². The molecule has 2 aliphatic heterocycles. The minimum Gasteiger partial charge on any atom is -0.330 e. The van der Waals surface area contributed by atoms with Crippen molar-refractivity contribution in [3.8, 4) is 0 Å². The highest BCUT2D eigenvalue weighted by Crippen LogP contribution is 2.41. The van der Waals surface area contributed by atoms with Gasteiger partial charge in [-0.15, -0.1) is 0 Å². The molecule has 0 unspecified atom stereocenters. The summed E-state index contributed by atoms with van der Waals surface area (Å²) in [5.74, 6) is 1.49. The van der Waals surface area contributed by atoms with E-state index in [-0.39, 0.29) is 11.1 Å². The summed E-state index contributed by atoms with van der Waals surface area (Å²) in [6.07, 6.45) is 7.77. The highest BCUT2D eigenvalue weighted by atomic mass is 32.2. The molecule has 0 amide bonds. The molecule has 9 nitrogen and oxygen atoms in total. The van der Waals surface area contributed by atoms with E-state index >= 15 is 0 Å². The lowest BCUT2D eigenvalue weighted by Crippen LogP contribution is -2.33. The average Bonchev–Trinajstić information content (AvgIpc) is 3.32. The average molecular weight is 452 g/mol. The third kappa shape index (κ3) is 5.45. The van der Waals surface area contributed by atoms with E-state index in [4.69, 9.17) is 10.9 Å². The molecule has 10 heteroatoms. The molecule has 31 heavy (non-hydrogen) atoms. The number of sulfonamides is 1. The third-order valence-electron chi connectivity index (χ3n) is 7.28. The zero-order valence-corrected chi connectivity index (χ0v) is 18.9. The van der Waals surface area contributed by atoms with Gasteiger partial charge in [0.05, 0.1) is 4.90 Å². The van der Waals surface area contributed by atoms with Crippen LogP contribution in [0.25, 0.3) is 0 Å². The van der Waals surface area contributed by atoms with E-state index in [1.165, 1.54) is 0 Å². The molecule has 3 fully saturated rings. The fourth-order valence-electron chi connectivity index (χ4n) is 5.48. The van der Waals surface area contributed by atoms with Gasteiger partial charge in [0.1, 0.15) is 6.17 Å². The Morgan fingerprint density at radius 3 is 2.23 bits per heavy atom. The van der Waals surface area contributed by atoms with Crippen LogP contribution >= 0.6 is 0 Å². The van der Waals surface area contributed by atoms with E-state index in [1.807, 2.05) is 6.07 Å². The van der Waals surface area contributed by atoms with E-state index < -0.39 is 10.0 Å². The smallest absolute Gasteiger partial charge is 0.238 e. The van der Waals surface area contributed by atoms with E-state index in [0.717, 1.165) is 87.7 Å². The first-order chi connectivity index (χ1) is 15.0. The van der Waals surface area contributed by atoms with Crippen molar-refractivity contribution in [1.82, 2.24) is 27.2 Å². The molecular formula is C21H37N7O2S. The summed E-state index contributed by atoms with van der Waals surface area (Å²) in [4.78, 5) is 0.287. The van der Waals surface area contributed by atoms with Crippen molar-refractivity contribution in [1.29, 1.82) is 0 Å². The lowest BCUT2D eigenvalue weighted by atomic mass is 9.76.